The SMILES string of the molecule is CCCCC1=C(NCC(=O)O)C(=O)C=C(NCC(=O)O)C1=O. The summed E-state index contributed by atoms with van der Waals surface area (Å²) in [5.74, 6) is -3.33. The van der Waals surface area contributed by atoms with Crippen LogP contribution >= 0.6 is 0 Å². The molecule has 0 aliphatic heterocycles. The van der Waals surface area contributed by atoms with Crippen LogP contribution in [-0.4, -0.2) is 46.8 Å². The second-order valence-electron chi connectivity index (χ2n) is 4.70. The number of Topliss-reactive ketones (excluding diaryl/α,β-unsaturated/α-hetero) is 1. The van der Waals surface area contributed by atoms with Gasteiger partial charge in [0.05, 0.1) is 11.4 Å². The lowest BCUT2D eigenvalue weighted by Crippen LogP contribution is -2.36. The fourth-order valence-electron chi connectivity index (χ4n) is 1.95. The van der Waals surface area contributed by atoms with Gasteiger partial charge in [-0.25, -0.2) is 0 Å². The number of carbonyl (C=O) groups is 4. The number of hydrogen-bond acceptors (Lipinski definition) is 6. The number of carboxylic acids is 2. The van der Waals surface area contributed by atoms with Gasteiger partial charge in [0.1, 0.15) is 13.1 Å². The van der Waals surface area contributed by atoms with Gasteiger partial charge in [0.2, 0.25) is 11.6 Å². The van der Waals surface area contributed by atoms with Crippen LogP contribution < -0.4 is 10.6 Å². The Morgan fingerprint density at radius 2 is 1.68 bits per heavy atom. The summed E-state index contributed by atoms with van der Waals surface area (Å²) >= 11 is 0. The molecule has 0 aromatic carbocycles. The Kier molecular flexibility index (Phi) is 6.30. The fraction of sp³-hybridized carbons (Fsp3) is 0.429. The maximum atomic E-state index is 12.3. The van der Waals surface area contributed by atoms with Crippen molar-refractivity contribution < 1.29 is 29.4 Å². The Bertz CT molecular complexity index is 562. The van der Waals surface area contributed by atoms with E-state index in [4.69, 9.17) is 10.2 Å². The normalized spacial score (nSPS) is 14.7. The van der Waals surface area contributed by atoms with E-state index in [-0.39, 0.29) is 17.0 Å². The van der Waals surface area contributed by atoms with E-state index in [1.54, 1.807) is 0 Å². The standard InChI is InChI=1S/C14H18N2O6/c1-2-3-4-8-13(16-7-12(20)21)10(17)5-9(14(8)22)15-6-11(18)19/h5,15-16H,2-4,6-7H2,1H3,(H,18,19)(H,20,21). The molecule has 1 aliphatic carbocycles. The van der Waals surface area contributed by atoms with Gasteiger partial charge in [-0.15, -0.1) is 0 Å². The molecule has 0 fully saturated rings. The minimum Gasteiger partial charge on any atom is -0.480 e. The van der Waals surface area contributed by atoms with E-state index in [9.17, 15) is 19.2 Å². The molecular weight excluding hydrogens is 292 g/mol. The molecule has 0 bridgehead atoms. The zero-order valence-electron chi connectivity index (χ0n) is 12.1. The molecule has 0 amide bonds. The average molecular weight is 310 g/mol. The van der Waals surface area contributed by atoms with E-state index in [0.29, 0.717) is 12.8 Å². The molecule has 1 rings (SSSR count). The Morgan fingerprint density at radius 1 is 1.09 bits per heavy atom. The van der Waals surface area contributed by atoms with Gasteiger partial charge in [0.15, 0.2) is 0 Å². The monoisotopic (exact) mass is 310 g/mol. The van der Waals surface area contributed by atoms with E-state index in [0.717, 1.165) is 12.5 Å². The van der Waals surface area contributed by atoms with Crippen molar-refractivity contribution in [2.45, 2.75) is 26.2 Å². The number of allylic oxidation sites excluding steroid dienone is 2. The largest absolute Gasteiger partial charge is 0.480 e. The van der Waals surface area contributed by atoms with Crippen LogP contribution in [-0.2, 0) is 19.2 Å². The molecular formula is C14H18N2O6. The van der Waals surface area contributed by atoms with Crippen LogP contribution in [0.3, 0.4) is 0 Å². The number of ketones is 2. The van der Waals surface area contributed by atoms with Gasteiger partial charge in [-0.1, -0.05) is 13.3 Å². The zero-order valence-corrected chi connectivity index (χ0v) is 12.1. The van der Waals surface area contributed by atoms with Crippen molar-refractivity contribution in [2.24, 2.45) is 0 Å². The highest BCUT2D eigenvalue weighted by atomic mass is 16.4. The van der Waals surface area contributed by atoms with Crippen molar-refractivity contribution in [3.63, 3.8) is 0 Å². The third kappa shape index (κ3) is 4.72. The lowest BCUT2D eigenvalue weighted by Gasteiger charge is -2.20. The topological polar surface area (TPSA) is 133 Å². The first-order valence-corrected chi connectivity index (χ1v) is 6.82. The number of aliphatic carboxylic acids is 2. The Balaban J connectivity index is 3.00. The van der Waals surface area contributed by atoms with E-state index in [1.165, 1.54) is 0 Å². The molecule has 22 heavy (non-hydrogen) atoms. The molecule has 0 atom stereocenters. The second kappa shape index (κ2) is 7.96. The minimum absolute atomic E-state index is 0.0262. The molecule has 0 heterocycles. The van der Waals surface area contributed by atoms with Gasteiger partial charge in [0, 0.05) is 11.6 Å². The molecule has 0 saturated carbocycles. The van der Waals surface area contributed by atoms with Crippen LogP contribution in [0.1, 0.15) is 26.2 Å². The summed E-state index contributed by atoms with van der Waals surface area (Å²) in [7, 11) is 0. The molecule has 0 radical (unpaired) electrons. The fourth-order valence-corrected chi connectivity index (χ4v) is 1.95. The van der Waals surface area contributed by atoms with E-state index >= 15 is 0 Å². The number of carboxylic acid groups (broad SMARTS) is 2. The number of rotatable bonds is 9. The lowest BCUT2D eigenvalue weighted by atomic mass is 9.93. The van der Waals surface area contributed by atoms with Gasteiger partial charge < -0.3 is 20.8 Å². The second-order valence-corrected chi connectivity index (χ2v) is 4.70. The number of hydrogen-bond donors (Lipinski definition) is 4. The first kappa shape index (κ1) is 17.4. The zero-order chi connectivity index (χ0) is 16.7. The molecule has 120 valence electrons. The first-order chi connectivity index (χ1) is 10.4. The minimum atomic E-state index is -1.16. The quantitative estimate of drug-likeness (QED) is 0.431. The highest BCUT2D eigenvalue weighted by molar-refractivity contribution is 6.22. The Hall–Kier alpha value is -2.64. The summed E-state index contributed by atoms with van der Waals surface area (Å²) in [4.78, 5) is 45.5. The van der Waals surface area contributed by atoms with Gasteiger partial charge in [0.25, 0.3) is 0 Å². The van der Waals surface area contributed by atoms with Crippen LogP contribution in [0.4, 0.5) is 0 Å². The molecule has 8 heteroatoms. The van der Waals surface area contributed by atoms with Crippen LogP contribution in [0.5, 0.6) is 0 Å². The summed E-state index contributed by atoms with van der Waals surface area (Å²) in [6.45, 7) is 0.957. The lowest BCUT2D eigenvalue weighted by molar-refractivity contribution is -0.137. The van der Waals surface area contributed by atoms with Crippen molar-refractivity contribution in [1.29, 1.82) is 0 Å². The molecule has 0 aromatic rings. The highest BCUT2D eigenvalue weighted by Crippen LogP contribution is 2.21. The van der Waals surface area contributed by atoms with Crippen molar-refractivity contribution in [3.8, 4) is 0 Å². The predicted molar refractivity (Wildman–Crippen MR) is 75.9 cm³/mol. The van der Waals surface area contributed by atoms with Crippen molar-refractivity contribution in [1.82, 2.24) is 10.6 Å². The van der Waals surface area contributed by atoms with Crippen LogP contribution in [0.2, 0.25) is 0 Å². The van der Waals surface area contributed by atoms with Crippen molar-refractivity contribution in [3.05, 3.63) is 23.0 Å². The summed E-state index contributed by atoms with van der Waals surface area (Å²) in [6.07, 6.45) is 2.75. The summed E-state index contributed by atoms with van der Waals surface area (Å²) in [6, 6.07) is 0. The number of unbranched alkanes of at least 4 members (excludes halogenated alkanes) is 1. The third-order valence-corrected chi connectivity index (χ3v) is 2.97. The number of carbonyl (C=O) groups excluding carboxylic acids is 2. The van der Waals surface area contributed by atoms with Crippen LogP contribution in [0, 0.1) is 0 Å². The molecule has 4 N–H and O–H groups in total. The number of nitrogens with one attached hydrogen (secondary N) is 2. The van der Waals surface area contributed by atoms with Crippen molar-refractivity contribution in [2.75, 3.05) is 13.1 Å². The summed E-state index contributed by atoms with van der Waals surface area (Å²) in [5.41, 5.74) is 0.0737. The third-order valence-electron chi connectivity index (χ3n) is 2.97. The predicted octanol–water partition coefficient (Wildman–Crippen LogP) is -0.185. The molecule has 0 spiro atoms. The molecule has 8 nitrogen and oxygen atoms in total. The average Bonchev–Trinajstić information content (AvgIpc) is 2.44. The molecule has 0 saturated heterocycles. The molecule has 0 aromatic heterocycles. The maximum absolute atomic E-state index is 12.3. The maximum Gasteiger partial charge on any atom is 0.322 e. The highest BCUT2D eigenvalue weighted by Gasteiger charge is 2.28. The van der Waals surface area contributed by atoms with E-state index < -0.39 is 36.6 Å². The Labute approximate surface area is 126 Å². The molecule has 0 unspecified atom stereocenters. The smallest absolute Gasteiger partial charge is 0.322 e. The first-order valence-electron chi connectivity index (χ1n) is 6.82. The van der Waals surface area contributed by atoms with Crippen LogP contribution in [0.15, 0.2) is 23.0 Å². The molecule has 1 aliphatic rings. The Morgan fingerprint density at radius 3 is 2.23 bits per heavy atom. The van der Waals surface area contributed by atoms with Crippen molar-refractivity contribution >= 4 is 23.5 Å². The van der Waals surface area contributed by atoms with Gasteiger partial charge in [-0.2, -0.15) is 0 Å². The summed E-state index contributed by atoms with van der Waals surface area (Å²) < 4.78 is 0. The summed E-state index contributed by atoms with van der Waals surface area (Å²) in [5, 5.41) is 22.2. The van der Waals surface area contributed by atoms with Gasteiger partial charge in [-0.3, -0.25) is 19.2 Å². The van der Waals surface area contributed by atoms with Gasteiger partial charge >= 0.3 is 11.9 Å². The van der Waals surface area contributed by atoms with E-state index in [2.05, 4.69) is 10.6 Å². The van der Waals surface area contributed by atoms with Crippen LogP contribution in [0.25, 0.3) is 0 Å². The van der Waals surface area contributed by atoms with E-state index in [1.807, 2.05) is 6.92 Å². The van der Waals surface area contributed by atoms with Gasteiger partial charge in [-0.05, 0) is 12.8 Å².